The van der Waals surface area contributed by atoms with E-state index in [4.69, 9.17) is 9.79 Å². The molecule has 3 N–H and O–H groups in total. The zero-order chi connectivity index (χ0) is 22.1. The summed E-state index contributed by atoms with van der Waals surface area (Å²) in [4.78, 5) is 26.6. The first-order valence-electron chi connectivity index (χ1n) is 10.3. The SMILES string of the molecule is C/C(=C\COP(=O)(O)OP(=O)(O)O)CC[C@]1(C)[C@H](C)CC=C2[C@@H]1CCCC2(C)C. The Balaban J connectivity index is 1.98. The summed E-state index contributed by atoms with van der Waals surface area (Å²) in [6.07, 6.45) is 10.8. The van der Waals surface area contributed by atoms with Gasteiger partial charge in [-0.3, -0.25) is 4.52 Å². The molecule has 1 unspecified atom stereocenters. The van der Waals surface area contributed by atoms with Crippen LogP contribution in [0.3, 0.4) is 0 Å². The molecule has 0 spiro atoms. The van der Waals surface area contributed by atoms with E-state index in [9.17, 15) is 14.0 Å². The maximum absolute atomic E-state index is 11.5. The number of phosphoric acid groups is 2. The van der Waals surface area contributed by atoms with Crippen LogP contribution in [-0.4, -0.2) is 21.3 Å². The maximum atomic E-state index is 11.5. The van der Waals surface area contributed by atoms with Gasteiger partial charge in [-0.15, -0.1) is 0 Å². The van der Waals surface area contributed by atoms with Gasteiger partial charge in [-0.1, -0.05) is 57.4 Å². The molecule has 0 saturated heterocycles. The second kappa shape index (κ2) is 9.08. The fourth-order valence-electron chi connectivity index (χ4n) is 4.96. The highest BCUT2D eigenvalue weighted by molar-refractivity contribution is 7.60. The Hall–Kier alpha value is -0.260. The van der Waals surface area contributed by atoms with Crippen molar-refractivity contribution in [1.29, 1.82) is 0 Å². The molecular weight excluding hydrogens is 414 g/mol. The van der Waals surface area contributed by atoms with E-state index in [-0.39, 0.29) is 17.4 Å². The molecule has 0 aromatic heterocycles. The topological polar surface area (TPSA) is 113 Å². The van der Waals surface area contributed by atoms with Crippen LogP contribution in [0.5, 0.6) is 0 Å². The van der Waals surface area contributed by atoms with Gasteiger partial charge < -0.3 is 14.7 Å². The molecule has 7 nitrogen and oxygen atoms in total. The first-order valence-corrected chi connectivity index (χ1v) is 13.3. The summed E-state index contributed by atoms with van der Waals surface area (Å²) in [7, 11) is -9.88. The van der Waals surface area contributed by atoms with Gasteiger partial charge in [0.05, 0.1) is 6.61 Å². The van der Waals surface area contributed by atoms with Crippen molar-refractivity contribution in [1.82, 2.24) is 0 Å². The van der Waals surface area contributed by atoms with Crippen molar-refractivity contribution in [3.63, 3.8) is 0 Å². The minimum absolute atomic E-state index is 0.202. The van der Waals surface area contributed by atoms with Gasteiger partial charge in [0, 0.05) is 0 Å². The van der Waals surface area contributed by atoms with E-state index in [1.165, 1.54) is 19.3 Å². The molecule has 0 aromatic carbocycles. The van der Waals surface area contributed by atoms with Gasteiger partial charge in [0.2, 0.25) is 0 Å². The highest BCUT2D eigenvalue weighted by Crippen LogP contribution is 2.59. The lowest BCUT2D eigenvalue weighted by Gasteiger charge is -2.53. The molecule has 29 heavy (non-hydrogen) atoms. The Morgan fingerprint density at radius 2 is 1.93 bits per heavy atom. The summed E-state index contributed by atoms with van der Waals surface area (Å²) in [5.41, 5.74) is 3.10. The molecule has 0 bridgehead atoms. The molecule has 0 heterocycles. The van der Waals surface area contributed by atoms with Crippen molar-refractivity contribution in [3.05, 3.63) is 23.3 Å². The third kappa shape index (κ3) is 6.61. The van der Waals surface area contributed by atoms with Crippen molar-refractivity contribution < 1.29 is 32.6 Å². The Morgan fingerprint density at radius 3 is 2.55 bits per heavy atom. The average molecular weight is 450 g/mol. The number of phosphoric ester groups is 1. The van der Waals surface area contributed by atoms with Crippen LogP contribution >= 0.6 is 15.6 Å². The zero-order valence-corrected chi connectivity index (χ0v) is 19.9. The van der Waals surface area contributed by atoms with E-state index in [0.717, 1.165) is 24.8 Å². The van der Waals surface area contributed by atoms with Crippen molar-refractivity contribution >= 4 is 15.6 Å². The minimum atomic E-state index is -5.09. The maximum Gasteiger partial charge on any atom is 0.481 e. The highest BCUT2D eigenvalue weighted by atomic mass is 31.3. The molecule has 2 rings (SSSR count). The molecule has 1 fully saturated rings. The van der Waals surface area contributed by atoms with Gasteiger partial charge in [0.25, 0.3) is 0 Å². The largest absolute Gasteiger partial charge is 0.481 e. The zero-order valence-electron chi connectivity index (χ0n) is 18.1. The molecule has 0 radical (unpaired) electrons. The molecular formula is C20H36O7P2. The third-order valence-electron chi connectivity index (χ3n) is 7.00. The van der Waals surface area contributed by atoms with Crippen molar-refractivity contribution in [3.8, 4) is 0 Å². The second-order valence-electron chi connectivity index (χ2n) is 9.52. The van der Waals surface area contributed by atoms with Crippen molar-refractivity contribution in [2.45, 2.75) is 73.1 Å². The Morgan fingerprint density at radius 1 is 1.28 bits per heavy atom. The van der Waals surface area contributed by atoms with E-state index in [1.807, 2.05) is 6.92 Å². The standard InChI is InChI=1S/C20H36O7P2/c1-15(11-14-26-29(24,25)27-28(21,22)23)10-13-20(5)16(2)8-9-17-18(20)7-6-12-19(17,3)4/h9,11,16,18H,6-8,10,12-14H2,1-5H3,(H,24,25)(H2,21,22,23)/b15-11+/t16-,18+,20-/m1/s1. The molecule has 2 aliphatic carbocycles. The molecule has 9 heteroatoms. The van der Waals surface area contributed by atoms with Crippen molar-refractivity contribution in [2.75, 3.05) is 6.61 Å². The predicted octanol–water partition coefficient (Wildman–Crippen LogP) is 5.74. The van der Waals surface area contributed by atoms with Gasteiger partial charge in [-0.2, -0.15) is 4.31 Å². The number of hydrogen-bond donors (Lipinski definition) is 3. The number of rotatable bonds is 8. The Kier molecular flexibility index (Phi) is 7.83. The molecule has 0 amide bonds. The second-order valence-corrected chi connectivity index (χ2v) is 12.3. The molecule has 168 valence electrons. The first kappa shape index (κ1) is 25.0. The monoisotopic (exact) mass is 450 g/mol. The minimum Gasteiger partial charge on any atom is -0.302 e. The molecule has 4 atom stereocenters. The summed E-state index contributed by atoms with van der Waals surface area (Å²) in [5, 5.41) is 0. The lowest BCUT2D eigenvalue weighted by molar-refractivity contribution is 0.0583. The smallest absolute Gasteiger partial charge is 0.302 e. The van der Waals surface area contributed by atoms with E-state index >= 15 is 0 Å². The summed E-state index contributed by atoms with van der Waals surface area (Å²) < 4.78 is 30.6. The number of fused-ring (bicyclic) bond motifs is 1. The van der Waals surface area contributed by atoms with Gasteiger partial charge in [0.15, 0.2) is 0 Å². The van der Waals surface area contributed by atoms with E-state index in [2.05, 4.69) is 42.6 Å². The lowest BCUT2D eigenvalue weighted by Crippen LogP contribution is -2.43. The van der Waals surface area contributed by atoms with Crippen LogP contribution in [-0.2, 0) is 18.0 Å². The van der Waals surface area contributed by atoms with Crippen LogP contribution in [0.15, 0.2) is 23.3 Å². The molecule has 2 aliphatic rings. The summed E-state index contributed by atoms with van der Waals surface area (Å²) >= 11 is 0. The van der Waals surface area contributed by atoms with Crippen LogP contribution < -0.4 is 0 Å². The quantitative estimate of drug-likeness (QED) is 0.319. The fraction of sp³-hybridized carbons (Fsp3) is 0.800. The summed E-state index contributed by atoms with van der Waals surface area (Å²) in [6, 6.07) is 0. The summed E-state index contributed by atoms with van der Waals surface area (Å²) in [6.45, 7) is 11.1. The lowest BCUT2D eigenvalue weighted by atomic mass is 9.52. The van der Waals surface area contributed by atoms with Crippen LogP contribution in [0.2, 0.25) is 0 Å². The average Bonchev–Trinajstić information content (AvgIpc) is 2.54. The van der Waals surface area contributed by atoms with E-state index < -0.39 is 15.6 Å². The molecule has 0 aromatic rings. The predicted molar refractivity (Wildman–Crippen MR) is 113 cm³/mol. The third-order valence-corrected chi connectivity index (χ3v) is 9.15. The van der Waals surface area contributed by atoms with Crippen molar-refractivity contribution in [2.24, 2.45) is 22.7 Å². The van der Waals surface area contributed by atoms with Crippen LogP contribution in [0.4, 0.5) is 0 Å². The van der Waals surface area contributed by atoms with Crippen LogP contribution in [0.1, 0.15) is 73.1 Å². The Bertz CT molecular complexity index is 752. The highest BCUT2D eigenvalue weighted by Gasteiger charge is 2.47. The van der Waals surface area contributed by atoms with E-state index in [0.29, 0.717) is 11.8 Å². The molecule has 0 aliphatic heterocycles. The molecule has 1 saturated carbocycles. The fourth-order valence-corrected chi connectivity index (χ4v) is 6.49. The first-order chi connectivity index (χ1) is 13.2. The van der Waals surface area contributed by atoms with Crippen LogP contribution in [0.25, 0.3) is 0 Å². The van der Waals surface area contributed by atoms with Gasteiger partial charge in [-0.05, 0) is 61.7 Å². The van der Waals surface area contributed by atoms with E-state index in [1.54, 1.807) is 11.6 Å². The van der Waals surface area contributed by atoms with Gasteiger partial charge in [-0.25, -0.2) is 9.13 Å². The Labute approximate surface area is 174 Å². The normalized spacial score (nSPS) is 32.3. The van der Waals surface area contributed by atoms with Crippen LogP contribution in [0, 0.1) is 22.7 Å². The number of allylic oxidation sites excluding steroid dienone is 3. The number of hydrogen-bond acceptors (Lipinski definition) is 4. The van der Waals surface area contributed by atoms with Gasteiger partial charge >= 0.3 is 15.6 Å². The summed E-state index contributed by atoms with van der Waals surface area (Å²) in [5.74, 6) is 1.18. The van der Waals surface area contributed by atoms with Gasteiger partial charge in [0.1, 0.15) is 0 Å².